The smallest absolute Gasteiger partial charge is 0.350 e. The number of thiophene rings is 1. The maximum Gasteiger partial charge on any atom is 0.350 e. The number of esters is 1. The van der Waals surface area contributed by atoms with Crippen LogP contribution in [0, 0.1) is 17.2 Å². The van der Waals surface area contributed by atoms with Crippen molar-refractivity contribution in [1.29, 1.82) is 5.26 Å². The molecule has 1 aromatic rings. The van der Waals surface area contributed by atoms with Crippen LogP contribution in [0.3, 0.4) is 0 Å². The number of carbonyl (C=O) groups excluding carboxylic acids is 2. The Bertz CT molecular complexity index is 688. The predicted molar refractivity (Wildman–Crippen MR) is 91.1 cm³/mol. The average Bonchev–Trinajstić information content (AvgIpc) is 3.01. The van der Waals surface area contributed by atoms with Crippen molar-refractivity contribution in [3.8, 4) is 6.07 Å². The lowest BCUT2D eigenvalue weighted by Gasteiger charge is -2.19. The first kappa shape index (κ1) is 18.0. The third-order valence-corrected chi connectivity index (χ3v) is 5.24. The van der Waals surface area contributed by atoms with Crippen LogP contribution in [-0.2, 0) is 22.4 Å². The second kappa shape index (κ2) is 8.50. The van der Waals surface area contributed by atoms with E-state index in [9.17, 15) is 9.59 Å². The lowest BCUT2D eigenvalue weighted by atomic mass is 9.87. The molecule has 1 atom stereocenters. The highest BCUT2D eigenvalue weighted by Gasteiger charge is 2.22. The highest BCUT2D eigenvalue weighted by Crippen LogP contribution is 2.33. The van der Waals surface area contributed by atoms with Gasteiger partial charge in [-0.05, 0) is 43.7 Å². The molecule has 1 aromatic heterocycles. The van der Waals surface area contributed by atoms with Gasteiger partial charge in [0, 0.05) is 11.1 Å². The van der Waals surface area contributed by atoms with Crippen molar-refractivity contribution in [2.75, 3.05) is 6.61 Å². The maximum absolute atomic E-state index is 12.2. The van der Waals surface area contributed by atoms with Crippen LogP contribution >= 0.6 is 11.3 Å². The number of nitriles is 1. The SMILES string of the molecule is CCOC(=O)/C(C#N)=C/NNC(=O)c1cc2c(s1)CC[C@@H](CC)C2. The fourth-order valence-electron chi connectivity index (χ4n) is 2.64. The predicted octanol–water partition coefficient (Wildman–Crippen LogP) is 2.47. The molecule has 128 valence electrons. The third kappa shape index (κ3) is 4.36. The summed E-state index contributed by atoms with van der Waals surface area (Å²) < 4.78 is 4.73. The fourth-order valence-corrected chi connectivity index (χ4v) is 3.74. The van der Waals surface area contributed by atoms with Crippen molar-refractivity contribution >= 4 is 23.2 Å². The molecule has 24 heavy (non-hydrogen) atoms. The van der Waals surface area contributed by atoms with Crippen LogP contribution in [-0.4, -0.2) is 18.5 Å². The summed E-state index contributed by atoms with van der Waals surface area (Å²) in [5.41, 5.74) is 6.04. The molecule has 0 saturated heterocycles. The van der Waals surface area contributed by atoms with Gasteiger partial charge in [-0.2, -0.15) is 5.26 Å². The summed E-state index contributed by atoms with van der Waals surface area (Å²) >= 11 is 1.51. The zero-order valence-corrected chi connectivity index (χ0v) is 14.7. The number of fused-ring (bicyclic) bond motifs is 1. The average molecular weight is 347 g/mol. The molecule has 2 N–H and O–H groups in total. The third-order valence-electron chi connectivity index (χ3n) is 4.00. The number of nitrogens with one attached hydrogen (secondary N) is 2. The molecule has 0 bridgehead atoms. The van der Waals surface area contributed by atoms with Crippen molar-refractivity contribution in [2.24, 2.45) is 5.92 Å². The maximum atomic E-state index is 12.2. The summed E-state index contributed by atoms with van der Waals surface area (Å²) in [6.45, 7) is 4.04. The van der Waals surface area contributed by atoms with E-state index >= 15 is 0 Å². The highest BCUT2D eigenvalue weighted by molar-refractivity contribution is 7.14. The van der Waals surface area contributed by atoms with Gasteiger partial charge in [0.25, 0.3) is 5.91 Å². The Morgan fingerprint density at radius 1 is 1.50 bits per heavy atom. The Morgan fingerprint density at radius 3 is 2.96 bits per heavy atom. The molecule has 2 rings (SSSR count). The van der Waals surface area contributed by atoms with Crippen LogP contribution in [0.2, 0.25) is 0 Å². The Labute approximate surface area is 145 Å². The topological polar surface area (TPSA) is 91.2 Å². The van der Waals surface area contributed by atoms with Crippen LogP contribution in [0.5, 0.6) is 0 Å². The van der Waals surface area contributed by atoms with Gasteiger partial charge in [-0.1, -0.05) is 13.3 Å². The highest BCUT2D eigenvalue weighted by atomic mass is 32.1. The number of aryl methyl sites for hydroxylation is 1. The molecule has 0 spiro atoms. The number of hydrazine groups is 1. The van der Waals surface area contributed by atoms with Gasteiger partial charge in [0.15, 0.2) is 5.57 Å². The standard InChI is InChI=1S/C17H21N3O3S/c1-3-11-5-6-14-12(7-11)8-15(24-14)16(21)20-19-10-13(9-18)17(22)23-4-2/h8,10-11,19H,3-7H2,1-2H3,(H,20,21)/b13-10+/t11-/m1/s1. The van der Waals surface area contributed by atoms with Crippen LogP contribution in [0.15, 0.2) is 17.8 Å². The van der Waals surface area contributed by atoms with E-state index in [0.717, 1.165) is 25.5 Å². The zero-order valence-electron chi connectivity index (χ0n) is 13.8. The van der Waals surface area contributed by atoms with Crippen molar-refractivity contribution in [3.63, 3.8) is 0 Å². The van der Waals surface area contributed by atoms with Gasteiger partial charge < -0.3 is 10.2 Å². The number of carbonyl (C=O) groups is 2. The molecular weight excluding hydrogens is 326 g/mol. The Hall–Kier alpha value is -2.33. The Kier molecular flexibility index (Phi) is 6.38. The van der Waals surface area contributed by atoms with Crippen LogP contribution in [0.25, 0.3) is 0 Å². The molecule has 0 aromatic carbocycles. The summed E-state index contributed by atoms with van der Waals surface area (Å²) in [4.78, 5) is 25.5. The molecule has 0 unspecified atom stereocenters. The number of nitrogens with zero attached hydrogens (tertiary/aromatic N) is 1. The van der Waals surface area contributed by atoms with E-state index in [1.165, 1.54) is 28.2 Å². The van der Waals surface area contributed by atoms with E-state index < -0.39 is 5.97 Å². The molecule has 1 aliphatic rings. The molecule has 1 heterocycles. The minimum atomic E-state index is -0.723. The number of hydrogen-bond donors (Lipinski definition) is 2. The van der Waals surface area contributed by atoms with E-state index in [-0.39, 0.29) is 18.1 Å². The molecule has 0 radical (unpaired) electrons. The quantitative estimate of drug-likeness (QED) is 0.357. The lowest BCUT2D eigenvalue weighted by Crippen LogP contribution is -2.33. The van der Waals surface area contributed by atoms with Gasteiger partial charge in [0.2, 0.25) is 0 Å². The van der Waals surface area contributed by atoms with E-state index in [1.54, 1.807) is 13.0 Å². The minimum Gasteiger partial charge on any atom is -0.462 e. The molecule has 7 heteroatoms. The van der Waals surface area contributed by atoms with E-state index in [1.807, 2.05) is 6.07 Å². The van der Waals surface area contributed by atoms with E-state index in [4.69, 9.17) is 10.00 Å². The molecule has 0 saturated carbocycles. The summed E-state index contributed by atoms with van der Waals surface area (Å²) in [5.74, 6) is -0.300. The first-order valence-electron chi connectivity index (χ1n) is 8.03. The number of ether oxygens (including phenoxy) is 1. The fraction of sp³-hybridized carbons (Fsp3) is 0.471. The Morgan fingerprint density at radius 2 is 2.29 bits per heavy atom. The van der Waals surface area contributed by atoms with Crippen molar-refractivity contribution in [3.05, 3.63) is 33.2 Å². The number of amides is 1. The Balaban J connectivity index is 1.95. The van der Waals surface area contributed by atoms with E-state index in [0.29, 0.717) is 10.8 Å². The zero-order chi connectivity index (χ0) is 17.5. The molecule has 1 amide bonds. The molecule has 0 fully saturated rings. The summed E-state index contributed by atoms with van der Waals surface area (Å²) in [6, 6.07) is 3.67. The van der Waals surface area contributed by atoms with Gasteiger partial charge >= 0.3 is 5.97 Å². The summed E-state index contributed by atoms with van der Waals surface area (Å²) in [7, 11) is 0. The van der Waals surface area contributed by atoms with E-state index in [2.05, 4.69) is 17.8 Å². The minimum absolute atomic E-state index is 0.184. The second-order valence-corrected chi connectivity index (χ2v) is 6.70. The number of rotatable bonds is 6. The number of hydrogen-bond acceptors (Lipinski definition) is 6. The monoisotopic (exact) mass is 347 g/mol. The summed E-state index contributed by atoms with van der Waals surface area (Å²) in [6.07, 6.45) is 5.53. The van der Waals surface area contributed by atoms with Gasteiger partial charge in [0.1, 0.15) is 6.07 Å². The second-order valence-electron chi connectivity index (χ2n) is 5.56. The first-order chi connectivity index (χ1) is 11.6. The largest absolute Gasteiger partial charge is 0.462 e. The van der Waals surface area contributed by atoms with Gasteiger partial charge in [-0.15, -0.1) is 11.3 Å². The first-order valence-corrected chi connectivity index (χ1v) is 8.85. The molecule has 6 nitrogen and oxygen atoms in total. The normalized spacial score (nSPS) is 16.7. The molecule has 0 aliphatic heterocycles. The van der Waals surface area contributed by atoms with Gasteiger partial charge in [-0.3, -0.25) is 10.2 Å². The lowest BCUT2D eigenvalue weighted by molar-refractivity contribution is -0.138. The van der Waals surface area contributed by atoms with Crippen LogP contribution in [0.1, 0.15) is 46.8 Å². The molecule has 1 aliphatic carbocycles. The van der Waals surface area contributed by atoms with Gasteiger partial charge in [-0.25, -0.2) is 4.79 Å². The molecular formula is C17H21N3O3S. The van der Waals surface area contributed by atoms with Crippen LogP contribution < -0.4 is 10.9 Å². The van der Waals surface area contributed by atoms with Crippen molar-refractivity contribution in [2.45, 2.75) is 39.5 Å². The van der Waals surface area contributed by atoms with Crippen molar-refractivity contribution in [1.82, 2.24) is 10.9 Å². The van der Waals surface area contributed by atoms with Crippen molar-refractivity contribution < 1.29 is 14.3 Å². The van der Waals surface area contributed by atoms with Crippen LogP contribution in [0.4, 0.5) is 0 Å². The van der Waals surface area contributed by atoms with Gasteiger partial charge in [0.05, 0.1) is 11.5 Å². The summed E-state index contributed by atoms with van der Waals surface area (Å²) in [5, 5.41) is 8.89.